The number of aromatic nitrogens is 2. The quantitative estimate of drug-likeness (QED) is 0.426. The van der Waals surface area contributed by atoms with Crippen LogP contribution in [0.3, 0.4) is 0 Å². The van der Waals surface area contributed by atoms with Gasteiger partial charge in [-0.2, -0.15) is 0 Å². The van der Waals surface area contributed by atoms with E-state index < -0.39 is 0 Å². The van der Waals surface area contributed by atoms with Crippen molar-refractivity contribution in [1.29, 1.82) is 5.41 Å². The van der Waals surface area contributed by atoms with Gasteiger partial charge in [-0.25, -0.2) is 0 Å². The molecule has 0 aliphatic heterocycles. The maximum Gasteiger partial charge on any atom is 0.168 e. The zero-order chi connectivity index (χ0) is 5.98. The molecule has 3 N–H and O–H groups in total. The molecule has 9 heavy (non-hydrogen) atoms. The molecule has 5 nitrogen and oxygen atoms in total. The highest BCUT2D eigenvalue weighted by Crippen LogP contribution is 1.85. The second-order valence-corrected chi connectivity index (χ2v) is 1.20. The van der Waals surface area contributed by atoms with Gasteiger partial charge in [0.2, 0.25) is 0 Å². The summed E-state index contributed by atoms with van der Waals surface area (Å²) in [7, 11) is 0. The molecule has 1 rings (SSSR count). The fraction of sp³-hybridized carbons (Fsp3) is 0. The molecular formula is C3H5ClN4O. The minimum Gasteiger partial charge on any atom is -0.382 e. The molecule has 0 bridgehead atoms. The van der Waals surface area contributed by atoms with Crippen molar-refractivity contribution in [2.45, 2.75) is 0 Å². The zero-order valence-corrected chi connectivity index (χ0v) is 5.18. The summed E-state index contributed by atoms with van der Waals surface area (Å²) in [6, 6.07) is 0. The molecular weight excluding hydrogens is 144 g/mol. The Morgan fingerprint density at radius 3 is 2.67 bits per heavy atom. The van der Waals surface area contributed by atoms with Crippen LogP contribution in [0.1, 0.15) is 5.69 Å². The molecule has 0 spiro atoms. The van der Waals surface area contributed by atoms with E-state index in [1.807, 2.05) is 0 Å². The summed E-state index contributed by atoms with van der Waals surface area (Å²) >= 11 is 0. The zero-order valence-electron chi connectivity index (χ0n) is 4.37. The topological polar surface area (TPSA) is 88.8 Å². The lowest BCUT2D eigenvalue weighted by Gasteiger charge is -1.80. The van der Waals surface area contributed by atoms with Gasteiger partial charge in [0.25, 0.3) is 0 Å². The molecule has 0 atom stereocenters. The van der Waals surface area contributed by atoms with Gasteiger partial charge >= 0.3 is 0 Å². The van der Waals surface area contributed by atoms with E-state index in [2.05, 4.69) is 14.9 Å². The highest BCUT2D eigenvalue weighted by molar-refractivity contribution is 5.92. The van der Waals surface area contributed by atoms with Crippen LogP contribution < -0.4 is 5.73 Å². The Kier molecular flexibility index (Phi) is 2.66. The van der Waals surface area contributed by atoms with E-state index in [0.29, 0.717) is 0 Å². The summed E-state index contributed by atoms with van der Waals surface area (Å²) in [6.45, 7) is 0. The van der Waals surface area contributed by atoms with Gasteiger partial charge in [-0.3, -0.25) is 5.41 Å². The molecule has 6 heteroatoms. The van der Waals surface area contributed by atoms with E-state index in [1.54, 1.807) is 0 Å². The predicted octanol–water partition coefficient (Wildman–Crippen LogP) is -0.225. The minimum atomic E-state index is -0.133. The van der Waals surface area contributed by atoms with Gasteiger partial charge in [0, 0.05) is 5.27 Å². The number of halogens is 1. The molecule has 50 valence electrons. The number of rotatable bonds is 1. The van der Waals surface area contributed by atoms with Gasteiger partial charge in [0.1, 0.15) is 5.84 Å². The number of hydrogen-bond acceptors (Lipinski definition) is 4. The van der Waals surface area contributed by atoms with Crippen LogP contribution in [-0.2, 0) is 0 Å². The summed E-state index contributed by atoms with van der Waals surface area (Å²) in [5.41, 5.74) is 5.25. The third-order valence-corrected chi connectivity index (χ3v) is 0.636. The molecule has 1 aromatic heterocycles. The first-order chi connectivity index (χ1) is 3.80. The summed E-state index contributed by atoms with van der Waals surface area (Å²) in [4.78, 5) is 0. The molecule has 0 radical (unpaired) electrons. The average Bonchev–Trinajstić information content (AvgIpc) is 2.12. The molecule has 0 saturated heterocycles. The van der Waals surface area contributed by atoms with E-state index >= 15 is 0 Å². The molecule has 0 aliphatic carbocycles. The van der Waals surface area contributed by atoms with Crippen molar-refractivity contribution in [3.63, 3.8) is 0 Å². The second-order valence-electron chi connectivity index (χ2n) is 1.20. The largest absolute Gasteiger partial charge is 0.382 e. The lowest BCUT2D eigenvalue weighted by molar-refractivity contribution is 0.393. The van der Waals surface area contributed by atoms with Crippen LogP contribution >= 0.6 is 12.4 Å². The lowest BCUT2D eigenvalue weighted by atomic mass is 10.5. The fourth-order valence-corrected chi connectivity index (χ4v) is 0.282. The Bertz CT molecular complexity index is 184. The molecule has 0 aliphatic rings. The number of nitrogens with one attached hydrogen (secondary N) is 1. The third kappa shape index (κ3) is 1.69. The van der Waals surface area contributed by atoms with Crippen LogP contribution in [0.15, 0.2) is 10.8 Å². The normalized spacial score (nSPS) is 8.00. The first kappa shape index (κ1) is 7.90. The van der Waals surface area contributed by atoms with Crippen molar-refractivity contribution in [2.24, 2.45) is 5.73 Å². The molecule has 1 heterocycles. The van der Waals surface area contributed by atoms with Gasteiger partial charge in [-0.05, 0) is 0 Å². The number of nitrogen functional groups attached to an aromatic ring is 1. The highest BCUT2D eigenvalue weighted by Gasteiger charge is 1.97. The average molecular weight is 149 g/mol. The Morgan fingerprint density at radius 2 is 2.44 bits per heavy atom. The number of amidine groups is 1. The van der Waals surface area contributed by atoms with E-state index in [-0.39, 0.29) is 23.9 Å². The molecule has 1 aromatic rings. The molecule has 0 fully saturated rings. The summed E-state index contributed by atoms with van der Waals surface area (Å²) < 4.78 is 4.29. The van der Waals surface area contributed by atoms with Gasteiger partial charge in [-0.1, -0.05) is 0 Å². The van der Waals surface area contributed by atoms with Crippen molar-refractivity contribution in [3.8, 4) is 0 Å². The molecule has 0 amide bonds. The number of hydrogen-bond donors (Lipinski definition) is 2. The fourth-order valence-electron chi connectivity index (χ4n) is 0.282. The standard InChI is InChI=1S/C3H4N4O.ClH/c4-3(5)2-1-8-7-6-2;/h1H,(H3,4,5);1H. The predicted molar refractivity (Wildman–Crippen MR) is 32.6 cm³/mol. The molecule has 0 aromatic carbocycles. The molecule has 0 saturated carbocycles. The van der Waals surface area contributed by atoms with Gasteiger partial charge in [0.15, 0.2) is 12.0 Å². The Balaban J connectivity index is 0.000000640. The van der Waals surface area contributed by atoms with Crippen LogP contribution in [-0.4, -0.2) is 16.2 Å². The first-order valence-electron chi connectivity index (χ1n) is 1.92. The van der Waals surface area contributed by atoms with Crippen molar-refractivity contribution < 1.29 is 4.52 Å². The van der Waals surface area contributed by atoms with Crippen molar-refractivity contribution in [3.05, 3.63) is 12.0 Å². The number of nitrogens with zero attached hydrogens (tertiary/aromatic N) is 2. The Morgan fingerprint density at radius 1 is 1.78 bits per heavy atom. The van der Waals surface area contributed by atoms with E-state index in [0.717, 1.165) is 0 Å². The SMILES string of the molecule is Cl.N=C(N)c1conn1. The van der Waals surface area contributed by atoms with Gasteiger partial charge in [-0.15, -0.1) is 17.5 Å². The van der Waals surface area contributed by atoms with E-state index in [1.165, 1.54) is 6.26 Å². The second kappa shape index (κ2) is 3.03. The number of nitrogens with two attached hydrogens (primary N) is 1. The van der Waals surface area contributed by atoms with E-state index in [4.69, 9.17) is 11.1 Å². The van der Waals surface area contributed by atoms with Crippen molar-refractivity contribution in [1.82, 2.24) is 10.4 Å². The summed E-state index contributed by atoms with van der Waals surface area (Å²) in [6.07, 6.45) is 1.21. The maximum atomic E-state index is 6.77. The minimum absolute atomic E-state index is 0. The van der Waals surface area contributed by atoms with E-state index in [9.17, 15) is 0 Å². The summed E-state index contributed by atoms with van der Waals surface area (Å²) in [5, 5.41) is 13.2. The van der Waals surface area contributed by atoms with Crippen molar-refractivity contribution in [2.75, 3.05) is 0 Å². The van der Waals surface area contributed by atoms with Crippen LogP contribution in [0.2, 0.25) is 0 Å². The lowest BCUT2D eigenvalue weighted by Crippen LogP contribution is -2.11. The van der Waals surface area contributed by atoms with Gasteiger partial charge < -0.3 is 10.3 Å². The smallest absolute Gasteiger partial charge is 0.168 e. The third-order valence-electron chi connectivity index (χ3n) is 0.636. The van der Waals surface area contributed by atoms with Crippen LogP contribution in [0.4, 0.5) is 0 Å². The Hall–Kier alpha value is -1.10. The first-order valence-corrected chi connectivity index (χ1v) is 1.92. The molecule has 0 unspecified atom stereocenters. The van der Waals surface area contributed by atoms with Gasteiger partial charge in [0.05, 0.1) is 0 Å². The van der Waals surface area contributed by atoms with Crippen molar-refractivity contribution >= 4 is 18.2 Å². The highest BCUT2D eigenvalue weighted by atomic mass is 35.5. The Labute approximate surface area is 57.1 Å². The van der Waals surface area contributed by atoms with Crippen LogP contribution in [0, 0.1) is 5.41 Å². The van der Waals surface area contributed by atoms with Crippen LogP contribution in [0.25, 0.3) is 0 Å². The monoisotopic (exact) mass is 148 g/mol. The van der Waals surface area contributed by atoms with Crippen LogP contribution in [0.5, 0.6) is 0 Å². The summed E-state index contributed by atoms with van der Waals surface area (Å²) in [5.74, 6) is -0.133. The maximum absolute atomic E-state index is 6.77.